The van der Waals surface area contributed by atoms with Gasteiger partial charge in [-0.3, -0.25) is 0 Å². The minimum Gasteiger partial charge on any atom is -0.497 e. The summed E-state index contributed by atoms with van der Waals surface area (Å²) in [6.07, 6.45) is 2.47. The van der Waals surface area contributed by atoms with Crippen LogP contribution in [0.1, 0.15) is 45.2 Å². The van der Waals surface area contributed by atoms with Gasteiger partial charge in [0, 0.05) is 6.04 Å². The Morgan fingerprint density at radius 1 is 1.29 bits per heavy atom. The molecule has 0 saturated carbocycles. The largest absolute Gasteiger partial charge is 0.497 e. The van der Waals surface area contributed by atoms with E-state index in [1.165, 1.54) is 18.4 Å². The molecule has 2 atom stereocenters. The van der Waals surface area contributed by atoms with Gasteiger partial charge in [0.2, 0.25) is 0 Å². The van der Waals surface area contributed by atoms with Gasteiger partial charge >= 0.3 is 0 Å². The topological polar surface area (TPSA) is 21.3 Å². The molecular formula is C15H25NO. The molecule has 0 aromatic heterocycles. The van der Waals surface area contributed by atoms with Crippen LogP contribution >= 0.6 is 0 Å². The molecule has 2 unspecified atom stereocenters. The third-order valence-corrected chi connectivity index (χ3v) is 3.19. The highest BCUT2D eigenvalue weighted by atomic mass is 16.5. The van der Waals surface area contributed by atoms with E-state index in [-0.39, 0.29) is 0 Å². The minimum atomic E-state index is 0.426. The van der Waals surface area contributed by atoms with Crippen molar-refractivity contribution in [2.45, 2.75) is 39.7 Å². The van der Waals surface area contributed by atoms with Crippen LogP contribution in [0.3, 0.4) is 0 Å². The second kappa shape index (κ2) is 7.33. The minimum absolute atomic E-state index is 0.426. The van der Waals surface area contributed by atoms with Crippen molar-refractivity contribution in [3.05, 3.63) is 29.8 Å². The monoisotopic (exact) mass is 235 g/mol. The maximum absolute atomic E-state index is 5.30. The van der Waals surface area contributed by atoms with Crippen molar-refractivity contribution in [2.24, 2.45) is 5.92 Å². The van der Waals surface area contributed by atoms with Crippen LogP contribution in [0, 0.1) is 5.92 Å². The van der Waals surface area contributed by atoms with Gasteiger partial charge in [-0.05, 0) is 36.6 Å². The van der Waals surface area contributed by atoms with Crippen molar-refractivity contribution in [3.63, 3.8) is 0 Å². The van der Waals surface area contributed by atoms with E-state index in [0.717, 1.165) is 12.3 Å². The average molecular weight is 235 g/mol. The molecule has 0 amide bonds. The first kappa shape index (κ1) is 14.0. The molecular weight excluding hydrogens is 210 g/mol. The standard InChI is InChI=1S/C15H25NO/c1-5-8-12(3)15(16-6-2)13-9-7-10-14(11-13)17-4/h7,9-12,15-16H,5-6,8H2,1-4H3. The van der Waals surface area contributed by atoms with Gasteiger partial charge in [-0.15, -0.1) is 0 Å². The smallest absolute Gasteiger partial charge is 0.119 e. The van der Waals surface area contributed by atoms with Gasteiger partial charge in [0.25, 0.3) is 0 Å². The van der Waals surface area contributed by atoms with E-state index in [4.69, 9.17) is 4.74 Å². The Bertz CT molecular complexity index is 324. The fourth-order valence-corrected chi connectivity index (χ4v) is 2.32. The zero-order chi connectivity index (χ0) is 12.7. The van der Waals surface area contributed by atoms with E-state index in [1.807, 2.05) is 6.07 Å². The molecule has 0 aliphatic carbocycles. The van der Waals surface area contributed by atoms with E-state index >= 15 is 0 Å². The van der Waals surface area contributed by atoms with Crippen LogP contribution in [-0.4, -0.2) is 13.7 Å². The summed E-state index contributed by atoms with van der Waals surface area (Å²) in [7, 11) is 1.72. The lowest BCUT2D eigenvalue weighted by Gasteiger charge is -2.25. The van der Waals surface area contributed by atoms with Crippen LogP contribution in [0.15, 0.2) is 24.3 Å². The number of ether oxygens (including phenoxy) is 1. The summed E-state index contributed by atoms with van der Waals surface area (Å²) >= 11 is 0. The molecule has 1 aromatic carbocycles. The van der Waals surface area contributed by atoms with Crippen LogP contribution in [0.2, 0.25) is 0 Å². The first-order valence-corrected chi connectivity index (χ1v) is 6.60. The molecule has 0 aliphatic heterocycles. The summed E-state index contributed by atoms with van der Waals surface area (Å²) in [6, 6.07) is 8.81. The van der Waals surface area contributed by atoms with Crippen molar-refractivity contribution >= 4 is 0 Å². The number of hydrogen-bond donors (Lipinski definition) is 1. The lowest BCUT2D eigenvalue weighted by molar-refractivity contribution is 0.366. The van der Waals surface area contributed by atoms with Gasteiger partial charge in [0.15, 0.2) is 0 Å². The second-order valence-electron chi connectivity index (χ2n) is 4.58. The maximum atomic E-state index is 5.30. The van der Waals surface area contributed by atoms with Crippen molar-refractivity contribution in [2.75, 3.05) is 13.7 Å². The average Bonchev–Trinajstić information content (AvgIpc) is 2.36. The van der Waals surface area contributed by atoms with Crippen molar-refractivity contribution in [1.82, 2.24) is 5.32 Å². The molecule has 2 heteroatoms. The Morgan fingerprint density at radius 3 is 2.65 bits per heavy atom. The van der Waals surface area contributed by atoms with Gasteiger partial charge in [-0.25, -0.2) is 0 Å². The first-order valence-electron chi connectivity index (χ1n) is 6.60. The highest BCUT2D eigenvalue weighted by Crippen LogP contribution is 2.27. The molecule has 0 aliphatic rings. The van der Waals surface area contributed by atoms with Crippen LogP contribution in [0.5, 0.6) is 5.75 Å². The van der Waals surface area contributed by atoms with E-state index in [0.29, 0.717) is 12.0 Å². The summed E-state index contributed by atoms with van der Waals surface area (Å²) in [5.74, 6) is 1.58. The van der Waals surface area contributed by atoms with Crippen LogP contribution < -0.4 is 10.1 Å². The summed E-state index contributed by atoms with van der Waals surface area (Å²) < 4.78 is 5.30. The second-order valence-corrected chi connectivity index (χ2v) is 4.58. The highest BCUT2D eigenvalue weighted by molar-refractivity contribution is 5.30. The quantitative estimate of drug-likeness (QED) is 0.776. The van der Waals surface area contributed by atoms with Crippen LogP contribution in [0.25, 0.3) is 0 Å². The van der Waals surface area contributed by atoms with E-state index in [1.54, 1.807) is 7.11 Å². The molecule has 1 aromatic rings. The number of rotatable bonds is 7. The van der Waals surface area contributed by atoms with Gasteiger partial charge in [-0.1, -0.05) is 39.3 Å². The Kier molecular flexibility index (Phi) is 6.06. The maximum Gasteiger partial charge on any atom is 0.119 e. The number of benzene rings is 1. The molecule has 96 valence electrons. The number of hydrogen-bond acceptors (Lipinski definition) is 2. The van der Waals surface area contributed by atoms with E-state index in [9.17, 15) is 0 Å². The molecule has 0 heterocycles. The number of nitrogens with one attached hydrogen (secondary N) is 1. The van der Waals surface area contributed by atoms with Gasteiger partial charge < -0.3 is 10.1 Å². The third-order valence-electron chi connectivity index (χ3n) is 3.19. The van der Waals surface area contributed by atoms with Crippen molar-refractivity contribution in [3.8, 4) is 5.75 Å². The lowest BCUT2D eigenvalue weighted by atomic mass is 9.91. The molecule has 0 fully saturated rings. The zero-order valence-corrected chi connectivity index (χ0v) is 11.5. The predicted molar refractivity (Wildman–Crippen MR) is 73.5 cm³/mol. The molecule has 0 radical (unpaired) electrons. The summed E-state index contributed by atoms with van der Waals surface area (Å²) in [5, 5.41) is 3.58. The molecule has 0 bridgehead atoms. The van der Waals surface area contributed by atoms with E-state index in [2.05, 4.69) is 44.3 Å². The zero-order valence-electron chi connectivity index (χ0n) is 11.5. The van der Waals surface area contributed by atoms with Crippen molar-refractivity contribution < 1.29 is 4.74 Å². The summed E-state index contributed by atoms with van der Waals surface area (Å²) in [6.45, 7) is 7.71. The third kappa shape index (κ3) is 4.04. The van der Waals surface area contributed by atoms with Crippen LogP contribution in [-0.2, 0) is 0 Å². The Balaban J connectivity index is 2.87. The van der Waals surface area contributed by atoms with Gasteiger partial charge in [0.05, 0.1) is 7.11 Å². The predicted octanol–water partition coefficient (Wildman–Crippen LogP) is 3.78. The van der Waals surface area contributed by atoms with Crippen LogP contribution in [0.4, 0.5) is 0 Å². The number of methoxy groups -OCH3 is 1. The normalized spacial score (nSPS) is 14.4. The fourth-order valence-electron chi connectivity index (χ4n) is 2.32. The SMILES string of the molecule is CCCC(C)C(NCC)c1cccc(OC)c1. The molecule has 17 heavy (non-hydrogen) atoms. The highest BCUT2D eigenvalue weighted by Gasteiger charge is 2.17. The lowest BCUT2D eigenvalue weighted by Crippen LogP contribution is -2.26. The van der Waals surface area contributed by atoms with Gasteiger partial charge in [-0.2, -0.15) is 0 Å². The summed E-state index contributed by atoms with van der Waals surface area (Å²) in [5.41, 5.74) is 1.33. The Hall–Kier alpha value is -1.02. The van der Waals surface area contributed by atoms with Gasteiger partial charge in [0.1, 0.15) is 5.75 Å². The summed E-state index contributed by atoms with van der Waals surface area (Å²) in [4.78, 5) is 0. The molecule has 0 spiro atoms. The Morgan fingerprint density at radius 2 is 2.06 bits per heavy atom. The Labute approximate surface area is 105 Å². The molecule has 2 nitrogen and oxygen atoms in total. The molecule has 1 rings (SSSR count). The fraction of sp³-hybridized carbons (Fsp3) is 0.600. The molecule has 1 N–H and O–H groups in total. The van der Waals surface area contributed by atoms with E-state index < -0.39 is 0 Å². The van der Waals surface area contributed by atoms with Crippen molar-refractivity contribution in [1.29, 1.82) is 0 Å². The first-order chi connectivity index (χ1) is 8.22. The molecule has 0 saturated heterocycles.